The maximum Gasteiger partial charge on any atom is 0.223 e. The number of benzene rings is 1. The molecule has 0 bridgehead atoms. The van der Waals surface area contributed by atoms with E-state index in [1.807, 2.05) is 31.2 Å². The Kier molecular flexibility index (Phi) is 5.79. The molecule has 0 atom stereocenters. The van der Waals surface area contributed by atoms with Gasteiger partial charge >= 0.3 is 0 Å². The first kappa shape index (κ1) is 18.4. The van der Waals surface area contributed by atoms with Gasteiger partial charge in [-0.3, -0.25) is 4.79 Å². The number of amides is 1. The Morgan fingerprint density at radius 1 is 1.08 bits per heavy atom. The molecule has 0 radical (unpaired) electrons. The summed E-state index contributed by atoms with van der Waals surface area (Å²) in [5, 5.41) is 3.14. The van der Waals surface area contributed by atoms with Crippen molar-refractivity contribution >= 4 is 15.9 Å². The van der Waals surface area contributed by atoms with E-state index in [-0.39, 0.29) is 17.6 Å². The highest BCUT2D eigenvalue weighted by atomic mass is 32.2. The van der Waals surface area contributed by atoms with Crippen molar-refractivity contribution < 1.29 is 13.2 Å². The average Bonchev–Trinajstić information content (AvgIpc) is 3.10. The monoisotopic (exact) mass is 364 g/mol. The maximum absolute atomic E-state index is 12.6. The van der Waals surface area contributed by atoms with Gasteiger partial charge in [-0.1, -0.05) is 42.7 Å². The van der Waals surface area contributed by atoms with Crippen molar-refractivity contribution in [1.29, 1.82) is 0 Å². The number of piperidine rings is 1. The molecular weight excluding hydrogens is 336 g/mol. The van der Waals surface area contributed by atoms with Crippen molar-refractivity contribution in [2.45, 2.75) is 57.2 Å². The lowest BCUT2D eigenvalue weighted by Crippen LogP contribution is -2.45. The third-order valence-corrected chi connectivity index (χ3v) is 7.24. The standard InChI is InChI=1S/C19H28N2O3S/c1-15-6-8-16(9-7-15)14-25(23,24)21-12-10-17(11-13-21)19(22)20-18-4-2-3-5-18/h6-9,17-18H,2-5,10-14H2,1H3,(H,20,22). The SMILES string of the molecule is Cc1ccc(CS(=O)(=O)N2CCC(C(=O)NC3CCCC3)CC2)cc1. The summed E-state index contributed by atoms with van der Waals surface area (Å²) in [5.74, 6) is 0.0977. The Hall–Kier alpha value is -1.40. The summed E-state index contributed by atoms with van der Waals surface area (Å²) in [6.07, 6.45) is 5.78. The van der Waals surface area contributed by atoms with Crippen molar-refractivity contribution in [3.63, 3.8) is 0 Å². The molecule has 0 unspecified atom stereocenters. The molecule has 2 fully saturated rings. The molecule has 1 aromatic rings. The lowest BCUT2D eigenvalue weighted by Gasteiger charge is -2.31. The Labute approximate surface area is 150 Å². The van der Waals surface area contributed by atoms with E-state index in [2.05, 4.69) is 5.32 Å². The third-order valence-electron chi connectivity index (χ3n) is 5.39. The van der Waals surface area contributed by atoms with Crippen LogP contribution in [0.1, 0.15) is 49.7 Å². The minimum atomic E-state index is -3.32. The van der Waals surface area contributed by atoms with Crippen LogP contribution in [-0.4, -0.2) is 37.8 Å². The highest BCUT2D eigenvalue weighted by Crippen LogP contribution is 2.24. The molecule has 3 rings (SSSR count). The summed E-state index contributed by atoms with van der Waals surface area (Å²) < 4.78 is 26.8. The number of sulfonamides is 1. The van der Waals surface area contributed by atoms with Crippen LogP contribution in [0, 0.1) is 12.8 Å². The molecule has 1 amide bonds. The largest absolute Gasteiger partial charge is 0.353 e. The van der Waals surface area contributed by atoms with Crippen LogP contribution in [0.3, 0.4) is 0 Å². The highest BCUT2D eigenvalue weighted by molar-refractivity contribution is 7.88. The number of nitrogens with one attached hydrogen (secondary N) is 1. The third kappa shape index (κ3) is 4.82. The number of hydrogen-bond donors (Lipinski definition) is 1. The lowest BCUT2D eigenvalue weighted by molar-refractivity contribution is -0.126. The lowest BCUT2D eigenvalue weighted by atomic mass is 9.97. The Balaban J connectivity index is 1.52. The van der Waals surface area contributed by atoms with Crippen LogP contribution in [0.5, 0.6) is 0 Å². The van der Waals surface area contributed by atoms with Gasteiger partial charge in [0.1, 0.15) is 0 Å². The van der Waals surface area contributed by atoms with E-state index in [4.69, 9.17) is 0 Å². The first-order valence-corrected chi connectivity index (χ1v) is 10.9. The van der Waals surface area contributed by atoms with Gasteiger partial charge in [0.2, 0.25) is 15.9 Å². The summed E-state index contributed by atoms with van der Waals surface area (Å²) >= 11 is 0. The van der Waals surface area contributed by atoms with E-state index >= 15 is 0 Å². The van der Waals surface area contributed by atoms with Crippen LogP contribution in [0.15, 0.2) is 24.3 Å². The fourth-order valence-corrected chi connectivity index (χ4v) is 5.33. The van der Waals surface area contributed by atoms with Crippen molar-refractivity contribution in [2.75, 3.05) is 13.1 Å². The summed E-state index contributed by atoms with van der Waals surface area (Å²) in [6.45, 7) is 2.87. The zero-order valence-electron chi connectivity index (χ0n) is 14.9. The van der Waals surface area contributed by atoms with Gasteiger partial charge in [0.25, 0.3) is 0 Å². The van der Waals surface area contributed by atoms with Crippen LogP contribution in [-0.2, 0) is 20.6 Å². The molecule has 6 heteroatoms. The molecule has 0 aromatic heterocycles. The molecule has 5 nitrogen and oxygen atoms in total. The molecule has 1 aliphatic heterocycles. The Bertz CT molecular complexity index is 686. The second-order valence-corrected chi connectivity index (χ2v) is 9.37. The molecule has 25 heavy (non-hydrogen) atoms. The Morgan fingerprint density at radius 2 is 1.68 bits per heavy atom. The van der Waals surface area contributed by atoms with Gasteiger partial charge in [-0.05, 0) is 38.2 Å². The van der Waals surface area contributed by atoms with Gasteiger partial charge in [0, 0.05) is 25.0 Å². The highest BCUT2D eigenvalue weighted by Gasteiger charge is 2.32. The molecule has 1 N–H and O–H groups in total. The average molecular weight is 365 g/mol. The van der Waals surface area contributed by atoms with Crippen LogP contribution >= 0.6 is 0 Å². The van der Waals surface area contributed by atoms with Gasteiger partial charge < -0.3 is 5.32 Å². The molecular formula is C19H28N2O3S. The number of rotatable bonds is 5. The minimum absolute atomic E-state index is 0.0339. The molecule has 2 aliphatic rings. The van der Waals surface area contributed by atoms with E-state index in [0.717, 1.165) is 24.0 Å². The van der Waals surface area contributed by atoms with E-state index in [1.165, 1.54) is 12.8 Å². The number of carbonyl (C=O) groups is 1. The molecule has 1 aromatic carbocycles. The van der Waals surface area contributed by atoms with Gasteiger partial charge in [0.05, 0.1) is 5.75 Å². The predicted molar refractivity (Wildman–Crippen MR) is 98.5 cm³/mol. The van der Waals surface area contributed by atoms with Crippen molar-refractivity contribution in [3.8, 4) is 0 Å². The second kappa shape index (κ2) is 7.87. The first-order chi connectivity index (χ1) is 11.9. The van der Waals surface area contributed by atoms with Gasteiger partial charge in [-0.15, -0.1) is 0 Å². The zero-order chi connectivity index (χ0) is 17.9. The summed E-state index contributed by atoms with van der Waals surface area (Å²) in [6, 6.07) is 7.94. The van der Waals surface area contributed by atoms with Crippen molar-refractivity contribution in [1.82, 2.24) is 9.62 Å². The van der Waals surface area contributed by atoms with E-state index in [1.54, 1.807) is 4.31 Å². The Morgan fingerprint density at radius 3 is 2.28 bits per heavy atom. The fraction of sp³-hybridized carbons (Fsp3) is 0.632. The number of hydrogen-bond acceptors (Lipinski definition) is 3. The van der Waals surface area contributed by atoms with Crippen molar-refractivity contribution in [2.24, 2.45) is 5.92 Å². The number of aryl methyl sites for hydroxylation is 1. The summed E-state index contributed by atoms with van der Waals surface area (Å²) in [4.78, 5) is 12.4. The molecule has 138 valence electrons. The van der Waals surface area contributed by atoms with Crippen LogP contribution in [0.2, 0.25) is 0 Å². The van der Waals surface area contributed by atoms with E-state index in [0.29, 0.717) is 32.0 Å². The van der Waals surface area contributed by atoms with E-state index < -0.39 is 10.0 Å². The van der Waals surface area contributed by atoms with Crippen LogP contribution in [0.4, 0.5) is 0 Å². The van der Waals surface area contributed by atoms with Gasteiger partial charge in [-0.2, -0.15) is 0 Å². The topological polar surface area (TPSA) is 66.5 Å². The zero-order valence-corrected chi connectivity index (χ0v) is 15.7. The van der Waals surface area contributed by atoms with E-state index in [9.17, 15) is 13.2 Å². The summed E-state index contributed by atoms with van der Waals surface area (Å²) in [7, 11) is -3.32. The van der Waals surface area contributed by atoms with Crippen LogP contribution in [0.25, 0.3) is 0 Å². The maximum atomic E-state index is 12.6. The minimum Gasteiger partial charge on any atom is -0.353 e. The molecule has 0 spiro atoms. The second-order valence-electron chi connectivity index (χ2n) is 7.41. The number of carbonyl (C=O) groups excluding carboxylic acids is 1. The molecule has 1 saturated carbocycles. The normalized spacial score (nSPS) is 20.7. The van der Waals surface area contributed by atoms with Crippen molar-refractivity contribution in [3.05, 3.63) is 35.4 Å². The molecule has 1 aliphatic carbocycles. The quantitative estimate of drug-likeness (QED) is 0.873. The first-order valence-electron chi connectivity index (χ1n) is 9.28. The predicted octanol–water partition coefficient (Wildman–Crippen LogP) is 2.60. The molecule has 1 heterocycles. The number of nitrogens with zero attached hydrogens (tertiary/aromatic N) is 1. The molecule has 1 saturated heterocycles. The fourth-order valence-electron chi connectivity index (χ4n) is 3.77. The van der Waals surface area contributed by atoms with Gasteiger partial charge in [-0.25, -0.2) is 12.7 Å². The summed E-state index contributed by atoms with van der Waals surface area (Å²) in [5.41, 5.74) is 1.93. The van der Waals surface area contributed by atoms with Gasteiger partial charge in [0.15, 0.2) is 0 Å². The smallest absolute Gasteiger partial charge is 0.223 e. The van der Waals surface area contributed by atoms with Crippen LogP contribution < -0.4 is 5.32 Å².